The van der Waals surface area contributed by atoms with Gasteiger partial charge in [0.1, 0.15) is 6.04 Å². The fourth-order valence-electron chi connectivity index (χ4n) is 3.41. The molecule has 1 aliphatic heterocycles. The van der Waals surface area contributed by atoms with Crippen LogP contribution in [0.4, 0.5) is 19.0 Å². The average Bonchev–Trinajstić information content (AvgIpc) is 3.00. The van der Waals surface area contributed by atoms with Crippen LogP contribution in [0.15, 0.2) is 47.4 Å². The summed E-state index contributed by atoms with van der Waals surface area (Å²) >= 11 is 6.22. The lowest BCUT2D eigenvalue weighted by molar-refractivity contribution is -0.159. The van der Waals surface area contributed by atoms with E-state index in [9.17, 15) is 26.4 Å². The SMILES string of the molecule is CC(=O)c1ccc(S(=O)(=O)n2nc(N3CCC3C(F)(F)F)c3c(Cl)cccc32)cc1. The number of Topliss-reactive ketones (excluding diaryl/α,β-unsaturated/α-hetero) is 1. The molecule has 0 N–H and O–H groups in total. The van der Waals surface area contributed by atoms with Gasteiger partial charge in [0.25, 0.3) is 10.0 Å². The summed E-state index contributed by atoms with van der Waals surface area (Å²) in [6, 6.07) is 7.89. The smallest absolute Gasteiger partial charge is 0.342 e. The first-order valence-corrected chi connectivity index (χ1v) is 10.7. The lowest BCUT2D eigenvalue weighted by Crippen LogP contribution is -2.56. The Morgan fingerprint density at radius 1 is 1.17 bits per heavy atom. The third-order valence-corrected chi connectivity index (χ3v) is 6.98. The van der Waals surface area contributed by atoms with Gasteiger partial charge in [-0.05, 0) is 37.6 Å². The van der Waals surface area contributed by atoms with Crippen molar-refractivity contribution in [2.75, 3.05) is 11.4 Å². The zero-order valence-corrected chi connectivity index (χ0v) is 17.1. The van der Waals surface area contributed by atoms with E-state index in [-0.39, 0.29) is 45.4 Å². The average molecular weight is 458 g/mol. The highest BCUT2D eigenvalue weighted by Crippen LogP contribution is 2.42. The summed E-state index contributed by atoms with van der Waals surface area (Å²) in [6.45, 7) is 1.43. The summed E-state index contributed by atoms with van der Waals surface area (Å²) in [5, 5.41) is 4.28. The Balaban J connectivity index is 1.88. The summed E-state index contributed by atoms with van der Waals surface area (Å²) in [4.78, 5) is 12.3. The molecule has 158 valence electrons. The molecule has 0 bridgehead atoms. The number of alkyl halides is 3. The van der Waals surface area contributed by atoms with E-state index in [1.165, 1.54) is 49.4 Å². The number of aromatic nitrogens is 2. The van der Waals surface area contributed by atoms with Gasteiger partial charge in [-0.1, -0.05) is 29.8 Å². The molecule has 0 aliphatic carbocycles. The lowest BCUT2D eigenvalue weighted by atomic mass is 10.0. The maximum absolute atomic E-state index is 13.3. The molecule has 1 aliphatic rings. The highest BCUT2D eigenvalue weighted by atomic mass is 35.5. The van der Waals surface area contributed by atoms with Crippen molar-refractivity contribution < 1.29 is 26.4 Å². The number of anilines is 1. The van der Waals surface area contributed by atoms with Gasteiger partial charge in [0.15, 0.2) is 11.6 Å². The molecular weight excluding hydrogens is 443 g/mol. The van der Waals surface area contributed by atoms with Crippen LogP contribution in [0.2, 0.25) is 5.02 Å². The van der Waals surface area contributed by atoms with Gasteiger partial charge in [0, 0.05) is 12.1 Å². The van der Waals surface area contributed by atoms with Crippen LogP contribution in [-0.2, 0) is 10.0 Å². The summed E-state index contributed by atoms with van der Waals surface area (Å²) in [6.07, 6.45) is -4.58. The Morgan fingerprint density at radius 2 is 1.83 bits per heavy atom. The predicted molar refractivity (Wildman–Crippen MR) is 106 cm³/mol. The van der Waals surface area contributed by atoms with Gasteiger partial charge in [-0.25, -0.2) is 0 Å². The molecule has 2 heterocycles. The fourth-order valence-corrected chi connectivity index (χ4v) is 4.94. The Labute approximate surface area is 174 Å². The first kappa shape index (κ1) is 20.7. The number of nitrogens with zero attached hydrogens (tertiary/aromatic N) is 3. The van der Waals surface area contributed by atoms with E-state index in [4.69, 9.17) is 11.6 Å². The highest BCUT2D eigenvalue weighted by Gasteiger charge is 2.50. The number of halogens is 4. The number of benzene rings is 2. The van der Waals surface area contributed by atoms with Crippen molar-refractivity contribution in [3.8, 4) is 0 Å². The zero-order chi connectivity index (χ0) is 21.8. The maximum atomic E-state index is 13.3. The molecular formula is C19H15ClF3N3O3S. The standard InChI is InChI=1S/C19H15ClF3N3O3S/c1-11(27)12-5-7-13(8-6-12)30(28,29)26-15-4-2-3-14(20)17(15)18(24-26)25-10-9-16(25)19(21,22)23/h2-8,16H,9-10H2,1H3. The van der Waals surface area contributed by atoms with E-state index in [1.807, 2.05) is 0 Å². The lowest BCUT2D eigenvalue weighted by Gasteiger charge is -2.42. The van der Waals surface area contributed by atoms with Gasteiger partial charge in [0.05, 0.1) is 20.8 Å². The number of carbonyl (C=O) groups is 1. The number of ketones is 1. The maximum Gasteiger partial charge on any atom is 0.408 e. The molecule has 0 amide bonds. The number of carbonyl (C=O) groups excluding carboxylic acids is 1. The number of hydrogen-bond donors (Lipinski definition) is 0. The first-order valence-electron chi connectivity index (χ1n) is 8.89. The second kappa shape index (κ2) is 6.98. The molecule has 4 rings (SSSR count). The minimum absolute atomic E-state index is 0.0703. The van der Waals surface area contributed by atoms with E-state index in [0.717, 1.165) is 4.90 Å². The number of fused-ring (bicyclic) bond motifs is 1. The molecule has 1 saturated heterocycles. The first-order chi connectivity index (χ1) is 14.0. The van der Waals surface area contributed by atoms with Crippen LogP contribution < -0.4 is 4.90 Å². The molecule has 1 fully saturated rings. The van der Waals surface area contributed by atoms with E-state index < -0.39 is 22.2 Å². The van der Waals surface area contributed by atoms with Crippen LogP contribution in [-0.4, -0.2) is 42.1 Å². The van der Waals surface area contributed by atoms with Crippen LogP contribution in [0, 0.1) is 0 Å². The van der Waals surface area contributed by atoms with E-state index >= 15 is 0 Å². The third kappa shape index (κ3) is 3.24. The molecule has 11 heteroatoms. The normalized spacial score (nSPS) is 17.2. The van der Waals surface area contributed by atoms with Crippen molar-refractivity contribution in [1.29, 1.82) is 0 Å². The third-order valence-electron chi connectivity index (χ3n) is 5.06. The Morgan fingerprint density at radius 3 is 2.37 bits per heavy atom. The van der Waals surface area contributed by atoms with Crippen molar-refractivity contribution >= 4 is 44.1 Å². The molecule has 30 heavy (non-hydrogen) atoms. The van der Waals surface area contributed by atoms with Gasteiger partial charge in [0.2, 0.25) is 0 Å². The van der Waals surface area contributed by atoms with Gasteiger partial charge >= 0.3 is 6.18 Å². The van der Waals surface area contributed by atoms with Crippen LogP contribution in [0.1, 0.15) is 23.7 Å². The molecule has 1 atom stereocenters. The zero-order valence-electron chi connectivity index (χ0n) is 15.5. The van der Waals surface area contributed by atoms with E-state index in [1.54, 1.807) is 0 Å². The molecule has 1 unspecified atom stereocenters. The van der Waals surface area contributed by atoms with Gasteiger partial charge in [-0.15, -0.1) is 5.10 Å². The summed E-state index contributed by atoms with van der Waals surface area (Å²) in [5.41, 5.74) is 0.401. The quantitative estimate of drug-likeness (QED) is 0.547. The molecule has 2 aromatic carbocycles. The van der Waals surface area contributed by atoms with Crippen LogP contribution in [0.3, 0.4) is 0 Å². The summed E-state index contributed by atoms with van der Waals surface area (Å²) in [7, 11) is -4.25. The van der Waals surface area contributed by atoms with Crippen molar-refractivity contribution in [2.24, 2.45) is 0 Å². The van der Waals surface area contributed by atoms with E-state index in [2.05, 4.69) is 5.10 Å². The minimum Gasteiger partial charge on any atom is -0.342 e. The largest absolute Gasteiger partial charge is 0.408 e. The Kier molecular flexibility index (Phi) is 4.81. The van der Waals surface area contributed by atoms with Gasteiger partial charge < -0.3 is 4.90 Å². The van der Waals surface area contributed by atoms with Gasteiger partial charge in [-0.3, -0.25) is 4.79 Å². The number of rotatable bonds is 4. The van der Waals surface area contributed by atoms with Crippen molar-refractivity contribution in [3.63, 3.8) is 0 Å². The van der Waals surface area contributed by atoms with Crippen molar-refractivity contribution in [1.82, 2.24) is 9.19 Å². The van der Waals surface area contributed by atoms with Crippen LogP contribution >= 0.6 is 11.6 Å². The second-order valence-electron chi connectivity index (χ2n) is 6.93. The Bertz CT molecular complexity index is 1250. The van der Waals surface area contributed by atoms with Crippen molar-refractivity contribution in [3.05, 3.63) is 53.1 Å². The molecule has 0 radical (unpaired) electrons. The summed E-state index contributed by atoms with van der Waals surface area (Å²) < 4.78 is 67.0. The van der Waals surface area contributed by atoms with Crippen LogP contribution in [0.5, 0.6) is 0 Å². The van der Waals surface area contributed by atoms with Crippen molar-refractivity contribution in [2.45, 2.75) is 30.5 Å². The van der Waals surface area contributed by atoms with Crippen LogP contribution in [0.25, 0.3) is 10.9 Å². The second-order valence-corrected chi connectivity index (χ2v) is 9.10. The molecule has 0 saturated carbocycles. The molecule has 6 nitrogen and oxygen atoms in total. The molecule has 1 aromatic heterocycles. The molecule has 0 spiro atoms. The molecule has 3 aromatic rings. The fraction of sp³-hybridized carbons (Fsp3) is 0.263. The highest BCUT2D eigenvalue weighted by molar-refractivity contribution is 7.90. The predicted octanol–water partition coefficient (Wildman–Crippen LogP) is 4.27. The van der Waals surface area contributed by atoms with Gasteiger partial charge in [-0.2, -0.15) is 25.7 Å². The summed E-state index contributed by atoms with van der Waals surface area (Å²) in [5.74, 6) is -0.360. The monoisotopic (exact) mass is 457 g/mol. The Hall–Kier alpha value is -2.59. The van der Waals surface area contributed by atoms with E-state index in [0.29, 0.717) is 9.65 Å². The minimum atomic E-state index is -4.48. The number of hydrogen-bond acceptors (Lipinski definition) is 5. The topological polar surface area (TPSA) is 72.3 Å².